The summed E-state index contributed by atoms with van der Waals surface area (Å²) >= 11 is 0. The van der Waals surface area contributed by atoms with Gasteiger partial charge >= 0.3 is 0 Å². The molecule has 0 N–H and O–H groups in total. The van der Waals surface area contributed by atoms with Crippen LogP contribution in [-0.2, 0) is 0 Å². The Bertz CT molecular complexity index is 158. The maximum absolute atomic E-state index is 12.6. The molecule has 0 spiro atoms. The molecule has 2 nitrogen and oxygen atoms in total. The fraction of sp³-hybridized carbons (Fsp3) is 1.00. The molecule has 0 aromatic carbocycles. The van der Waals surface area contributed by atoms with Crippen molar-refractivity contribution in [1.29, 1.82) is 0 Å². The van der Waals surface area contributed by atoms with Crippen LogP contribution in [0.1, 0.15) is 13.3 Å². The monoisotopic (exact) mass is 172 g/mol. The molecule has 0 saturated carbocycles. The molecule has 2 atom stereocenters. The second-order valence-corrected chi connectivity index (χ2v) is 4.23. The number of hydrogen-bond donors (Lipinski definition) is 0. The highest BCUT2D eigenvalue weighted by Gasteiger charge is 2.37. The van der Waals surface area contributed by atoms with E-state index < -0.39 is 6.17 Å². The van der Waals surface area contributed by atoms with E-state index in [1.165, 1.54) is 6.42 Å². The van der Waals surface area contributed by atoms with Crippen LogP contribution in [0.25, 0.3) is 0 Å². The van der Waals surface area contributed by atoms with Gasteiger partial charge in [0.1, 0.15) is 6.17 Å². The van der Waals surface area contributed by atoms with E-state index in [-0.39, 0.29) is 0 Å². The van der Waals surface area contributed by atoms with Gasteiger partial charge in [-0.05, 0) is 20.4 Å². The Labute approximate surface area is 73.3 Å². The number of rotatable bonds is 1. The normalized spacial score (nSPS) is 40.2. The van der Waals surface area contributed by atoms with Crippen molar-refractivity contribution < 1.29 is 4.39 Å². The van der Waals surface area contributed by atoms with Gasteiger partial charge in [-0.3, -0.25) is 4.90 Å². The quantitative estimate of drug-likeness (QED) is 0.575. The van der Waals surface area contributed by atoms with E-state index >= 15 is 0 Å². The zero-order valence-corrected chi connectivity index (χ0v) is 7.83. The first-order valence-corrected chi connectivity index (χ1v) is 4.75. The van der Waals surface area contributed by atoms with Crippen LogP contribution in [0, 0.1) is 0 Å². The van der Waals surface area contributed by atoms with Gasteiger partial charge in [-0.2, -0.15) is 0 Å². The summed E-state index contributed by atoms with van der Waals surface area (Å²) in [5.41, 5.74) is 0. The minimum absolute atomic E-state index is 0.550. The van der Waals surface area contributed by atoms with E-state index in [0.29, 0.717) is 25.2 Å². The van der Waals surface area contributed by atoms with Gasteiger partial charge in [-0.1, -0.05) is 0 Å². The number of alkyl halides is 1. The molecule has 0 aromatic rings. The molecular weight excluding hydrogens is 155 g/mol. The first kappa shape index (κ1) is 8.45. The summed E-state index contributed by atoms with van der Waals surface area (Å²) in [5, 5.41) is 0. The zero-order chi connectivity index (χ0) is 8.72. The number of likely N-dealkylation sites (N-methyl/N-ethyl adjacent to an activating group) is 1. The largest absolute Gasteiger partial charge is 0.302 e. The van der Waals surface area contributed by atoms with Crippen LogP contribution in [0.3, 0.4) is 0 Å². The zero-order valence-electron chi connectivity index (χ0n) is 7.83. The maximum Gasteiger partial charge on any atom is 0.125 e. The van der Waals surface area contributed by atoms with Gasteiger partial charge < -0.3 is 4.90 Å². The van der Waals surface area contributed by atoms with Crippen molar-refractivity contribution in [2.75, 3.05) is 26.7 Å². The summed E-state index contributed by atoms with van der Waals surface area (Å²) in [5.74, 6) is 0. The van der Waals surface area contributed by atoms with Gasteiger partial charge in [-0.25, -0.2) is 4.39 Å². The van der Waals surface area contributed by atoms with E-state index in [4.69, 9.17) is 0 Å². The van der Waals surface area contributed by atoms with Crippen molar-refractivity contribution in [1.82, 2.24) is 9.80 Å². The van der Waals surface area contributed by atoms with Crippen LogP contribution in [0.2, 0.25) is 0 Å². The highest BCUT2D eigenvalue weighted by atomic mass is 19.1. The molecule has 2 heterocycles. The Morgan fingerprint density at radius 1 is 1.25 bits per heavy atom. The Morgan fingerprint density at radius 3 is 2.33 bits per heavy atom. The molecule has 2 fully saturated rings. The molecular formula is C9H17FN2. The molecule has 70 valence electrons. The molecule has 0 aliphatic carbocycles. The summed E-state index contributed by atoms with van der Waals surface area (Å²) in [7, 11) is 2.15. The van der Waals surface area contributed by atoms with Crippen LogP contribution < -0.4 is 0 Å². The molecule has 2 aliphatic heterocycles. The van der Waals surface area contributed by atoms with E-state index in [1.54, 1.807) is 0 Å². The fourth-order valence-electron chi connectivity index (χ4n) is 2.18. The molecule has 0 aromatic heterocycles. The summed E-state index contributed by atoms with van der Waals surface area (Å²) in [4.78, 5) is 4.63. The van der Waals surface area contributed by atoms with E-state index in [0.717, 1.165) is 6.54 Å². The Kier molecular flexibility index (Phi) is 2.09. The Balaban J connectivity index is 1.84. The predicted molar refractivity (Wildman–Crippen MR) is 47.0 cm³/mol. The molecule has 0 bridgehead atoms. The second-order valence-electron chi connectivity index (χ2n) is 4.23. The number of halogens is 1. The van der Waals surface area contributed by atoms with Gasteiger partial charge in [0.15, 0.2) is 0 Å². The lowest BCUT2D eigenvalue weighted by atomic mass is 10.1. The molecule has 12 heavy (non-hydrogen) atoms. The molecule has 0 amide bonds. The van der Waals surface area contributed by atoms with Crippen molar-refractivity contribution in [2.45, 2.75) is 31.6 Å². The molecule has 1 unspecified atom stereocenters. The fourth-order valence-corrected chi connectivity index (χ4v) is 2.18. The standard InChI is InChI=1S/C9H17FN2/c1-7-3-9(6-11(7)2)12-4-8(10)5-12/h7-9H,3-6H2,1-2H3/t7-,9?/m1/s1. The lowest BCUT2D eigenvalue weighted by Gasteiger charge is -2.38. The van der Waals surface area contributed by atoms with Crippen molar-refractivity contribution in [3.05, 3.63) is 0 Å². The molecule has 2 rings (SSSR count). The van der Waals surface area contributed by atoms with Crippen LogP contribution in [0.15, 0.2) is 0 Å². The van der Waals surface area contributed by atoms with Crippen molar-refractivity contribution in [3.8, 4) is 0 Å². The average Bonchev–Trinajstić information content (AvgIpc) is 2.26. The number of nitrogens with zero attached hydrogens (tertiary/aromatic N) is 2. The van der Waals surface area contributed by atoms with Crippen LogP contribution in [0.4, 0.5) is 4.39 Å². The van der Waals surface area contributed by atoms with Crippen molar-refractivity contribution in [2.24, 2.45) is 0 Å². The molecule has 2 aliphatic rings. The number of hydrogen-bond acceptors (Lipinski definition) is 2. The first-order valence-electron chi connectivity index (χ1n) is 4.75. The summed E-state index contributed by atoms with van der Waals surface area (Å²) in [6, 6.07) is 1.30. The summed E-state index contributed by atoms with van der Waals surface area (Å²) in [6.07, 6.45) is 0.662. The van der Waals surface area contributed by atoms with Gasteiger partial charge in [0, 0.05) is 31.7 Å². The van der Waals surface area contributed by atoms with Crippen LogP contribution in [-0.4, -0.2) is 54.7 Å². The minimum atomic E-state index is -0.550. The highest BCUT2D eigenvalue weighted by Crippen LogP contribution is 2.24. The topological polar surface area (TPSA) is 6.48 Å². The smallest absolute Gasteiger partial charge is 0.125 e. The van der Waals surface area contributed by atoms with Gasteiger partial charge in [-0.15, -0.1) is 0 Å². The Morgan fingerprint density at radius 2 is 1.92 bits per heavy atom. The lowest BCUT2D eigenvalue weighted by molar-refractivity contribution is 0.0311. The maximum atomic E-state index is 12.6. The van der Waals surface area contributed by atoms with Crippen molar-refractivity contribution in [3.63, 3.8) is 0 Å². The van der Waals surface area contributed by atoms with E-state index in [1.807, 2.05) is 0 Å². The van der Waals surface area contributed by atoms with Crippen molar-refractivity contribution >= 4 is 0 Å². The highest BCUT2D eigenvalue weighted by molar-refractivity contribution is 4.92. The molecule has 2 saturated heterocycles. The average molecular weight is 172 g/mol. The third kappa shape index (κ3) is 1.36. The summed E-state index contributed by atoms with van der Waals surface area (Å²) in [6.45, 7) is 4.71. The van der Waals surface area contributed by atoms with Gasteiger partial charge in [0.2, 0.25) is 0 Å². The third-order valence-electron chi connectivity index (χ3n) is 3.25. The molecule has 3 heteroatoms. The summed E-state index contributed by atoms with van der Waals surface area (Å²) < 4.78 is 12.6. The van der Waals surface area contributed by atoms with Crippen LogP contribution in [0.5, 0.6) is 0 Å². The first-order chi connectivity index (χ1) is 5.66. The third-order valence-corrected chi connectivity index (χ3v) is 3.25. The van der Waals surface area contributed by atoms with Crippen LogP contribution >= 0.6 is 0 Å². The van der Waals surface area contributed by atoms with Gasteiger partial charge in [0.25, 0.3) is 0 Å². The SMILES string of the molecule is C[C@@H]1CC(N2CC(F)C2)CN1C. The second kappa shape index (κ2) is 2.96. The Hall–Kier alpha value is -0.150. The lowest BCUT2D eigenvalue weighted by Crippen LogP contribution is -2.54. The molecule has 0 radical (unpaired) electrons. The minimum Gasteiger partial charge on any atom is -0.302 e. The van der Waals surface area contributed by atoms with E-state index in [2.05, 4.69) is 23.8 Å². The van der Waals surface area contributed by atoms with E-state index in [9.17, 15) is 4.39 Å². The predicted octanol–water partition coefficient (Wildman–Crippen LogP) is 0.733. The van der Waals surface area contributed by atoms with Gasteiger partial charge in [0.05, 0.1) is 0 Å². The number of likely N-dealkylation sites (tertiary alicyclic amines) is 2.